The van der Waals surface area contributed by atoms with Crippen LogP contribution in [0.4, 0.5) is 0 Å². The van der Waals surface area contributed by atoms with Crippen LogP contribution in [-0.2, 0) is 10.2 Å². The van der Waals surface area contributed by atoms with Crippen molar-refractivity contribution in [3.8, 4) is 0 Å². The molecule has 3 N–H and O–H groups in total. The van der Waals surface area contributed by atoms with Gasteiger partial charge in [-0.2, -0.15) is 13.1 Å². The van der Waals surface area contributed by atoms with Gasteiger partial charge in [0.15, 0.2) is 0 Å². The van der Waals surface area contributed by atoms with Gasteiger partial charge in [0.1, 0.15) is 0 Å². The molecule has 0 aliphatic heterocycles. The number of hydrogen-bond acceptors (Lipinski definition) is 2. The summed E-state index contributed by atoms with van der Waals surface area (Å²) in [5.74, 6) is 0. The van der Waals surface area contributed by atoms with E-state index >= 15 is 0 Å². The summed E-state index contributed by atoms with van der Waals surface area (Å²) in [6.45, 7) is 0. The summed E-state index contributed by atoms with van der Waals surface area (Å²) < 4.78 is 23.5. The van der Waals surface area contributed by atoms with Gasteiger partial charge in [-0.05, 0) is 19.3 Å². The third kappa shape index (κ3) is 3.69. The van der Waals surface area contributed by atoms with Gasteiger partial charge >= 0.3 is 0 Å². The van der Waals surface area contributed by atoms with Crippen LogP contribution in [0, 0.1) is 6.42 Å². The SMILES string of the molecule is NS(=O)(=O)NC1C[CH]CCC1. The van der Waals surface area contributed by atoms with Gasteiger partial charge in [0.25, 0.3) is 10.2 Å². The van der Waals surface area contributed by atoms with E-state index in [-0.39, 0.29) is 6.04 Å². The van der Waals surface area contributed by atoms with Gasteiger partial charge in [-0.1, -0.05) is 12.8 Å². The van der Waals surface area contributed by atoms with E-state index in [0.29, 0.717) is 0 Å². The second-order valence-corrected chi connectivity index (χ2v) is 4.14. The molecule has 0 aromatic carbocycles. The molecule has 1 fully saturated rings. The average Bonchev–Trinajstić information content (AvgIpc) is 1.85. The molecule has 0 spiro atoms. The van der Waals surface area contributed by atoms with Crippen molar-refractivity contribution in [1.82, 2.24) is 4.72 Å². The van der Waals surface area contributed by atoms with Crippen molar-refractivity contribution in [2.75, 3.05) is 0 Å². The number of nitrogens with two attached hydrogens (primary N) is 1. The van der Waals surface area contributed by atoms with E-state index in [1.807, 2.05) is 0 Å². The Morgan fingerprint density at radius 2 is 2.27 bits per heavy atom. The minimum Gasteiger partial charge on any atom is -0.216 e. The average molecular weight is 177 g/mol. The topological polar surface area (TPSA) is 72.2 Å². The van der Waals surface area contributed by atoms with Crippen molar-refractivity contribution in [1.29, 1.82) is 0 Å². The molecule has 1 saturated carbocycles. The van der Waals surface area contributed by atoms with Crippen molar-refractivity contribution in [2.24, 2.45) is 5.14 Å². The largest absolute Gasteiger partial charge is 0.274 e. The van der Waals surface area contributed by atoms with Crippen LogP contribution < -0.4 is 9.86 Å². The predicted molar refractivity (Wildman–Crippen MR) is 42.8 cm³/mol. The summed E-state index contributed by atoms with van der Waals surface area (Å²) in [6.07, 6.45) is 5.92. The lowest BCUT2D eigenvalue weighted by atomic mass is 9.96. The molecule has 1 radical (unpaired) electrons. The zero-order valence-corrected chi connectivity index (χ0v) is 7.10. The molecule has 1 rings (SSSR count). The zero-order valence-electron chi connectivity index (χ0n) is 6.29. The second kappa shape index (κ2) is 3.51. The molecule has 0 saturated heterocycles. The lowest BCUT2D eigenvalue weighted by Crippen LogP contribution is -2.40. The Morgan fingerprint density at radius 1 is 1.55 bits per heavy atom. The summed E-state index contributed by atoms with van der Waals surface area (Å²) in [6, 6.07) is 0.0266. The van der Waals surface area contributed by atoms with Crippen molar-refractivity contribution in [3.63, 3.8) is 0 Å². The fourth-order valence-corrected chi connectivity index (χ4v) is 1.96. The number of rotatable bonds is 2. The fourth-order valence-electron chi connectivity index (χ4n) is 1.28. The number of hydrogen-bond donors (Lipinski definition) is 2. The van der Waals surface area contributed by atoms with Crippen LogP contribution in [0.5, 0.6) is 0 Å². The summed E-state index contributed by atoms with van der Waals surface area (Å²) in [7, 11) is -3.49. The smallest absolute Gasteiger partial charge is 0.216 e. The van der Waals surface area contributed by atoms with Crippen LogP contribution in [0.25, 0.3) is 0 Å². The molecule has 1 aliphatic rings. The second-order valence-electron chi connectivity index (χ2n) is 2.82. The Hall–Kier alpha value is -0.130. The van der Waals surface area contributed by atoms with E-state index in [9.17, 15) is 8.42 Å². The first-order valence-electron chi connectivity index (χ1n) is 3.69. The van der Waals surface area contributed by atoms with Crippen LogP contribution in [0.2, 0.25) is 0 Å². The van der Waals surface area contributed by atoms with Gasteiger partial charge in [-0.15, -0.1) is 0 Å². The standard InChI is InChI=1S/C6H13N2O2S/c7-11(9,10)8-6-4-2-1-3-5-6/h2,6,8H,1,3-5H2,(H2,7,9,10). The minimum atomic E-state index is -3.49. The van der Waals surface area contributed by atoms with Gasteiger partial charge in [0, 0.05) is 6.04 Å². The van der Waals surface area contributed by atoms with Gasteiger partial charge < -0.3 is 0 Å². The maximum Gasteiger partial charge on any atom is 0.274 e. The molecule has 65 valence electrons. The van der Waals surface area contributed by atoms with Crippen molar-refractivity contribution in [3.05, 3.63) is 6.42 Å². The maximum absolute atomic E-state index is 10.6. The van der Waals surface area contributed by atoms with Crippen molar-refractivity contribution < 1.29 is 8.42 Å². The molecule has 1 unspecified atom stereocenters. The molecule has 0 aromatic rings. The quantitative estimate of drug-likeness (QED) is 0.619. The van der Waals surface area contributed by atoms with Crippen LogP contribution in [0.1, 0.15) is 25.7 Å². The highest BCUT2D eigenvalue weighted by Crippen LogP contribution is 2.16. The monoisotopic (exact) mass is 177 g/mol. The zero-order chi connectivity index (χ0) is 8.32. The van der Waals surface area contributed by atoms with Crippen LogP contribution >= 0.6 is 0 Å². The molecular formula is C6H13N2O2S. The van der Waals surface area contributed by atoms with Gasteiger partial charge in [-0.3, -0.25) is 0 Å². The van der Waals surface area contributed by atoms with Gasteiger partial charge in [0.05, 0.1) is 0 Å². The Balaban J connectivity index is 2.36. The molecule has 0 amide bonds. The maximum atomic E-state index is 10.6. The highest BCUT2D eigenvalue weighted by molar-refractivity contribution is 7.87. The molecule has 4 nitrogen and oxygen atoms in total. The summed E-state index contributed by atoms with van der Waals surface area (Å²) >= 11 is 0. The first-order valence-corrected chi connectivity index (χ1v) is 5.24. The van der Waals surface area contributed by atoms with Crippen LogP contribution in [-0.4, -0.2) is 14.5 Å². The minimum absolute atomic E-state index is 0.0266. The van der Waals surface area contributed by atoms with E-state index in [4.69, 9.17) is 5.14 Å². The highest BCUT2D eigenvalue weighted by Gasteiger charge is 2.16. The van der Waals surface area contributed by atoms with Gasteiger partial charge in [-0.25, -0.2) is 5.14 Å². The van der Waals surface area contributed by atoms with E-state index in [0.717, 1.165) is 25.7 Å². The molecule has 1 aliphatic carbocycles. The van der Waals surface area contributed by atoms with E-state index < -0.39 is 10.2 Å². The Bertz CT molecular complexity index is 207. The first-order chi connectivity index (χ1) is 5.08. The molecule has 1 atom stereocenters. The third-order valence-corrected chi connectivity index (χ3v) is 2.40. The molecule has 11 heavy (non-hydrogen) atoms. The summed E-state index contributed by atoms with van der Waals surface area (Å²) in [5, 5.41) is 4.81. The van der Waals surface area contributed by atoms with E-state index in [2.05, 4.69) is 11.1 Å². The molecule has 0 aromatic heterocycles. The highest BCUT2D eigenvalue weighted by atomic mass is 32.2. The lowest BCUT2D eigenvalue weighted by Gasteiger charge is -2.20. The normalized spacial score (nSPS) is 21.9. The molecule has 0 heterocycles. The summed E-state index contributed by atoms with van der Waals surface area (Å²) in [5.41, 5.74) is 0. The first kappa shape index (κ1) is 8.96. The Labute approximate surface area is 67.3 Å². The van der Waals surface area contributed by atoms with Crippen molar-refractivity contribution in [2.45, 2.75) is 31.7 Å². The summed E-state index contributed by atoms with van der Waals surface area (Å²) in [4.78, 5) is 0. The molecular weight excluding hydrogens is 164 g/mol. The fraction of sp³-hybridized carbons (Fsp3) is 0.833. The Kier molecular flexibility index (Phi) is 2.86. The van der Waals surface area contributed by atoms with E-state index in [1.165, 1.54) is 0 Å². The van der Waals surface area contributed by atoms with Crippen LogP contribution in [0.3, 0.4) is 0 Å². The molecule has 0 bridgehead atoms. The third-order valence-electron chi connectivity index (χ3n) is 1.74. The predicted octanol–water partition coefficient (Wildman–Crippen LogP) is -0.0736. The molecule has 5 heteroatoms. The van der Waals surface area contributed by atoms with Crippen LogP contribution in [0.15, 0.2) is 0 Å². The van der Waals surface area contributed by atoms with Crippen molar-refractivity contribution >= 4 is 10.2 Å². The lowest BCUT2D eigenvalue weighted by molar-refractivity contribution is 0.468. The van der Waals surface area contributed by atoms with E-state index in [1.54, 1.807) is 0 Å². The number of nitrogens with one attached hydrogen (secondary N) is 1. The van der Waals surface area contributed by atoms with Gasteiger partial charge in [0.2, 0.25) is 0 Å². The Morgan fingerprint density at radius 3 is 2.73 bits per heavy atom.